The third-order valence-electron chi connectivity index (χ3n) is 2.93. The minimum atomic E-state index is -4.83. The Balaban J connectivity index is 2.84. The summed E-state index contributed by atoms with van der Waals surface area (Å²) in [4.78, 5) is 23.3. The molecule has 0 amide bonds. The lowest BCUT2D eigenvalue weighted by Gasteiger charge is -2.14. The molecule has 0 radical (unpaired) electrons. The molecule has 1 fully saturated rings. The number of hydrogen-bond donors (Lipinski definition) is 2. The maximum absolute atomic E-state index is 12.9. The zero-order chi connectivity index (χ0) is 14.4. The molecule has 1 saturated carbocycles. The van der Waals surface area contributed by atoms with Crippen molar-refractivity contribution in [3.8, 4) is 0 Å². The topological polar surface area (TPSA) is 88.0 Å². The minimum absolute atomic E-state index is 0.429. The average Bonchev–Trinajstić information content (AvgIpc) is 3.09. The molecule has 1 aliphatic rings. The van der Waals surface area contributed by atoms with E-state index in [1.54, 1.807) is 4.98 Å². The number of nitrogens with zero attached hydrogens (tertiary/aromatic N) is 1. The molecule has 1 heterocycles. The van der Waals surface area contributed by atoms with Crippen LogP contribution in [0.2, 0.25) is 0 Å². The van der Waals surface area contributed by atoms with Crippen LogP contribution in [0.3, 0.4) is 0 Å². The molecule has 9 heteroatoms. The van der Waals surface area contributed by atoms with E-state index in [4.69, 9.17) is 0 Å². The largest absolute Gasteiger partial charge is 0.431 e. The van der Waals surface area contributed by atoms with Crippen molar-refractivity contribution in [1.82, 2.24) is 4.98 Å². The first-order valence-electron chi connectivity index (χ1n) is 5.46. The molecule has 1 aliphatic carbocycles. The summed E-state index contributed by atoms with van der Waals surface area (Å²) >= 11 is 0. The van der Waals surface area contributed by atoms with Crippen molar-refractivity contribution in [2.75, 3.05) is 12.4 Å². The molecule has 0 aromatic carbocycles. The van der Waals surface area contributed by atoms with Gasteiger partial charge in [0, 0.05) is 7.05 Å². The van der Waals surface area contributed by atoms with E-state index in [0.29, 0.717) is 12.8 Å². The summed E-state index contributed by atoms with van der Waals surface area (Å²) in [5.74, 6) is -0.527. The smallest absolute Gasteiger partial charge is 0.378 e. The molecule has 1 aromatic heterocycles. The van der Waals surface area contributed by atoms with E-state index >= 15 is 0 Å². The minimum Gasteiger partial charge on any atom is -0.378 e. The van der Waals surface area contributed by atoms with Gasteiger partial charge in [-0.05, 0) is 18.8 Å². The van der Waals surface area contributed by atoms with Crippen molar-refractivity contribution in [2.45, 2.75) is 24.9 Å². The van der Waals surface area contributed by atoms with Gasteiger partial charge in [0.1, 0.15) is 5.69 Å². The summed E-state index contributed by atoms with van der Waals surface area (Å²) in [6.07, 6.45) is -3.94. The second kappa shape index (κ2) is 4.25. The van der Waals surface area contributed by atoms with Gasteiger partial charge in [-0.3, -0.25) is 14.9 Å². The van der Waals surface area contributed by atoms with E-state index in [2.05, 4.69) is 5.32 Å². The van der Waals surface area contributed by atoms with Crippen LogP contribution in [0.4, 0.5) is 24.5 Å². The fourth-order valence-corrected chi connectivity index (χ4v) is 2.02. The first kappa shape index (κ1) is 13.4. The third kappa shape index (κ3) is 2.27. The first-order valence-corrected chi connectivity index (χ1v) is 5.46. The van der Waals surface area contributed by atoms with Crippen LogP contribution in [0.25, 0.3) is 0 Å². The number of nitro groups is 1. The van der Waals surface area contributed by atoms with Crippen LogP contribution in [0.15, 0.2) is 4.79 Å². The highest BCUT2D eigenvalue weighted by Gasteiger charge is 2.45. The molecular formula is C10H10F3N3O3. The second-order valence-electron chi connectivity index (χ2n) is 4.25. The van der Waals surface area contributed by atoms with Crippen molar-refractivity contribution in [3.05, 3.63) is 31.7 Å². The number of H-pyrrole nitrogens is 1. The quantitative estimate of drug-likeness (QED) is 0.655. The number of halogens is 3. The number of pyridine rings is 1. The Morgan fingerprint density at radius 2 is 2.00 bits per heavy atom. The maximum atomic E-state index is 12.9. The van der Waals surface area contributed by atoms with E-state index in [-0.39, 0.29) is 0 Å². The van der Waals surface area contributed by atoms with Crippen molar-refractivity contribution in [1.29, 1.82) is 0 Å². The van der Waals surface area contributed by atoms with Gasteiger partial charge in [0.05, 0.1) is 10.5 Å². The number of nitrogens with one attached hydrogen (secondary N) is 2. The molecule has 0 spiro atoms. The molecule has 0 bridgehead atoms. The van der Waals surface area contributed by atoms with Gasteiger partial charge in [0.15, 0.2) is 5.69 Å². The van der Waals surface area contributed by atoms with Crippen LogP contribution in [0.5, 0.6) is 0 Å². The van der Waals surface area contributed by atoms with Crippen molar-refractivity contribution in [3.63, 3.8) is 0 Å². The molecule has 0 unspecified atom stereocenters. The van der Waals surface area contributed by atoms with Gasteiger partial charge in [-0.25, -0.2) is 0 Å². The summed E-state index contributed by atoms with van der Waals surface area (Å²) in [5, 5.41) is 13.3. The molecule has 19 heavy (non-hydrogen) atoms. The number of aromatic nitrogens is 1. The van der Waals surface area contributed by atoms with Crippen molar-refractivity contribution in [2.24, 2.45) is 0 Å². The van der Waals surface area contributed by atoms with Crippen LogP contribution < -0.4 is 10.9 Å². The van der Waals surface area contributed by atoms with Crippen LogP contribution in [-0.4, -0.2) is 17.0 Å². The highest BCUT2D eigenvalue weighted by atomic mass is 19.4. The van der Waals surface area contributed by atoms with E-state index in [1.165, 1.54) is 7.05 Å². The predicted molar refractivity (Wildman–Crippen MR) is 60.2 cm³/mol. The predicted octanol–water partition coefficient (Wildman–Crippen LogP) is 2.22. The molecule has 0 aliphatic heterocycles. The fourth-order valence-electron chi connectivity index (χ4n) is 2.02. The monoisotopic (exact) mass is 277 g/mol. The van der Waals surface area contributed by atoms with Gasteiger partial charge in [-0.2, -0.15) is 13.2 Å². The summed E-state index contributed by atoms with van der Waals surface area (Å²) in [6, 6.07) is 0. The Morgan fingerprint density at radius 3 is 2.37 bits per heavy atom. The average molecular weight is 277 g/mol. The van der Waals surface area contributed by atoms with E-state index in [9.17, 15) is 28.1 Å². The Morgan fingerprint density at radius 1 is 1.42 bits per heavy atom. The third-order valence-corrected chi connectivity index (χ3v) is 2.93. The maximum Gasteiger partial charge on any atom is 0.431 e. The standard InChI is InChI=1S/C10H10F3N3O3/c1-14-6-7(16(18)19)5(4-2-3-4)8(10(11,12)13)15-9(6)17/h4,14H,2-3H2,1H3,(H,15,17). The number of alkyl halides is 3. The SMILES string of the molecule is CNc1c([N+](=O)[O-])c(C2CC2)c(C(F)(F)F)[nH]c1=O. The van der Waals surface area contributed by atoms with E-state index < -0.39 is 45.2 Å². The normalized spacial score (nSPS) is 15.4. The summed E-state index contributed by atoms with van der Waals surface area (Å²) in [7, 11) is 1.25. The second-order valence-corrected chi connectivity index (χ2v) is 4.25. The fraction of sp³-hybridized carbons (Fsp3) is 0.500. The number of rotatable bonds is 3. The van der Waals surface area contributed by atoms with Crippen molar-refractivity contribution >= 4 is 11.4 Å². The molecule has 6 nitrogen and oxygen atoms in total. The van der Waals surface area contributed by atoms with Gasteiger partial charge < -0.3 is 10.3 Å². The first-order chi connectivity index (χ1) is 8.77. The Labute approximate surface area is 104 Å². The lowest BCUT2D eigenvalue weighted by atomic mass is 10.0. The number of anilines is 1. The lowest BCUT2D eigenvalue weighted by molar-refractivity contribution is -0.385. The van der Waals surface area contributed by atoms with Gasteiger partial charge in [0.25, 0.3) is 5.56 Å². The Kier molecular flexibility index (Phi) is 2.99. The summed E-state index contributed by atoms with van der Waals surface area (Å²) < 4.78 is 38.6. The number of hydrogen-bond acceptors (Lipinski definition) is 4. The van der Waals surface area contributed by atoms with Gasteiger partial charge in [0.2, 0.25) is 0 Å². The number of aromatic amines is 1. The Bertz CT molecular complexity index is 590. The van der Waals surface area contributed by atoms with Crippen LogP contribution in [0.1, 0.15) is 30.0 Å². The molecular weight excluding hydrogens is 267 g/mol. The van der Waals surface area contributed by atoms with E-state index in [0.717, 1.165) is 0 Å². The molecule has 2 N–H and O–H groups in total. The highest BCUT2D eigenvalue weighted by molar-refractivity contribution is 5.66. The zero-order valence-electron chi connectivity index (χ0n) is 9.80. The summed E-state index contributed by atoms with van der Waals surface area (Å²) in [5.41, 5.74) is -4.11. The highest BCUT2D eigenvalue weighted by Crippen LogP contribution is 2.49. The van der Waals surface area contributed by atoms with Crippen LogP contribution in [-0.2, 0) is 6.18 Å². The molecule has 1 aromatic rings. The van der Waals surface area contributed by atoms with Gasteiger partial charge in [-0.1, -0.05) is 0 Å². The molecule has 0 saturated heterocycles. The van der Waals surface area contributed by atoms with Gasteiger partial charge in [-0.15, -0.1) is 0 Å². The lowest BCUT2D eigenvalue weighted by Crippen LogP contribution is -2.23. The molecule has 104 valence electrons. The Hall–Kier alpha value is -2.06. The van der Waals surface area contributed by atoms with Crippen LogP contribution in [0, 0.1) is 10.1 Å². The van der Waals surface area contributed by atoms with E-state index in [1.807, 2.05) is 0 Å². The van der Waals surface area contributed by atoms with Crippen molar-refractivity contribution < 1.29 is 18.1 Å². The zero-order valence-corrected chi connectivity index (χ0v) is 9.80. The summed E-state index contributed by atoms with van der Waals surface area (Å²) in [6.45, 7) is 0. The van der Waals surface area contributed by atoms with Gasteiger partial charge >= 0.3 is 11.9 Å². The van der Waals surface area contributed by atoms with Crippen LogP contribution >= 0.6 is 0 Å². The molecule has 0 atom stereocenters. The molecule has 2 rings (SSSR count).